The Morgan fingerprint density at radius 2 is 2.14 bits per heavy atom. The predicted molar refractivity (Wildman–Crippen MR) is 71.1 cm³/mol. The second-order valence-electron chi connectivity index (χ2n) is 5.79. The van der Waals surface area contributed by atoms with Crippen molar-refractivity contribution in [1.82, 2.24) is 9.97 Å². The number of alkyl halides is 3. The summed E-state index contributed by atoms with van der Waals surface area (Å²) in [5.74, 6) is 1.68. The van der Waals surface area contributed by atoms with Crippen LogP contribution < -0.4 is 10.2 Å². The van der Waals surface area contributed by atoms with Crippen molar-refractivity contribution >= 4 is 11.6 Å². The molecule has 1 aromatic heterocycles. The van der Waals surface area contributed by atoms with Crippen molar-refractivity contribution in [2.45, 2.75) is 31.0 Å². The van der Waals surface area contributed by atoms with Crippen molar-refractivity contribution in [3.05, 3.63) is 12.4 Å². The molecule has 8 heteroatoms. The Labute approximate surface area is 120 Å². The summed E-state index contributed by atoms with van der Waals surface area (Å²) in [4.78, 5) is 9.51. The summed E-state index contributed by atoms with van der Waals surface area (Å²) in [5, 5.41) is 12.8. The molecule has 1 saturated carbocycles. The van der Waals surface area contributed by atoms with Crippen LogP contribution in [0.5, 0.6) is 0 Å². The highest BCUT2D eigenvalue weighted by Gasteiger charge is 2.57. The average molecular weight is 302 g/mol. The van der Waals surface area contributed by atoms with Crippen molar-refractivity contribution < 1.29 is 18.3 Å². The zero-order valence-corrected chi connectivity index (χ0v) is 11.4. The standard InChI is InChI=1S/C13H17F3N4O/c14-13(15,16)12(21)3-4-20(7-12)11-5-10(18-8-19-11)17-6-9-1-2-9/h5,8-9,21H,1-4,6-7H2,(H,17,18,19)/t12-/m1/s1. The average Bonchev–Trinajstić information content (AvgIpc) is 3.17. The number of anilines is 2. The molecule has 0 radical (unpaired) electrons. The lowest BCUT2D eigenvalue weighted by atomic mass is 10.0. The Kier molecular flexibility index (Phi) is 3.43. The molecule has 1 atom stereocenters. The number of aromatic nitrogens is 2. The summed E-state index contributed by atoms with van der Waals surface area (Å²) < 4.78 is 38.4. The Morgan fingerprint density at radius 1 is 1.38 bits per heavy atom. The smallest absolute Gasteiger partial charge is 0.379 e. The van der Waals surface area contributed by atoms with Crippen LogP contribution in [-0.2, 0) is 0 Å². The third-order valence-electron chi connectivity index (χ3n) is 4.02. The minimum atomic E-state index is -4.62. The number of β-amino-alcohol motifs (C(OH)–C–C–N with tert-alkyl or cyclic N) is 1. The van der Waals surface area contributed by atoms with E-state index in [0.717, 1.165) is 6.54 Å². The van der Waals surface area contributed by atoms with Crippen LogP contribution in [0.1, 0.15) is 19.3 Å². The van der Waals surface area contributed by atoms with Crippen LogP contribution >= 0.6 is 0 Å². The van der Waals surface area contributed by atoms with Gasteiger partial charge in [0.2, 0.25) is 0 Å². The van der Waals surface area contributed by atoms with Gasteiger partial charge >= 0.3 is 6.18 Å². The molecule has 0 amide bonds. The molecule has 2 aliphatic rings. The normalized spacial score (nSPS) is 26.2. The SMILES string of the molecule is O[C@]1(C(F)(F)F)CCN(c2cc(NCC3CC3)ncn2)C1. The van der Waals surface area contributed by atoms with Crippen molar-refractivity contribution in [3.63, 3.8) is 0 Å². The van der Waals surface area contributed by atoms with E-state index in [0.29, 0.717) is 17.6 Å². The molecule has 1 aromatic rings. The van der Waals surface area contributed by atoms with Crippen LogP contribution in [0.15, 0.2) is 12.4 Å². The van der Waals surface area contributed by atoms with E-state index in [1.807, 2.05) is 0 Å². The van der Waals surface area contributed by atoms with Gasteiger partial charge in [-0.25, -0.2) is 9.97 Å². The van der Waals surface area contributed by atoms with Crippen LogP contribution in [0.4, 0.5) is 24.8 Å². The van der Waals surface area contributed by atoms with Gasteiger partial charge in [-0.15, -0.1) is 0 Å². The highest BCUT2D eigenvalue weighted by molar-refractivity contribution is 5.49. The second kappa shape index (κ2) is 5.01. The van der Waals surface area contributed by atoms with E-state index in [2.05, 4.69) is 15.3 Å². The maximum atomic E-state index is 12.8. The second-order valence-corrected chi connectivity index (χ2v) is 5.79. The van der Waals surface area contributed by atoms with Gasteiger partial charge in [-0.1, -0.05) is 0 Å². The van der Waals surface area contributed by atoms with E-state index in [9.17, 15) is 18.3 Å². The monoisotopic (exact) mass is 302 g/mol. The minimum absolute atomic E-state index is 0.120. The third-order valence-corrected chi connectivity index (χ3v) is 4.02. The summed E-state index contributed by atoms with van der Waals surface area (Å²) in [6.45, 7) is 0.452. The molecule has 5 nitrogen and oxygen atoms in total. The molecule has 2 fully saturated rings. The summed E-state index contributed by atoms with van der Waals surface area (Å²) in [6, 6.07) is 1.63. The number of hydrogen-bond donors (Lipinski definition) is 2. The molecular weight excluding hydrogens is 285 g/mol. The Balaban J connectivity index is 1.68. The van der Waals surface area contributed by atoms with Gasteiger partial charge in [-0.05, 0) is 18.8 Å². The van der Waals surface area contributed by atoms with Gasteiger partial charge in [0, 0.05) is 25.6 Å². The first-order valence-corrected chi connectivity index (χ1v) is 6.97. The first-order chi connectivity index (χ1) is 9.87. The molecule has 21 heavy (non-hydrogen) atoms. The molecule has 0 aromatic carbocycles. The van der Waals surface area contributed by atoms with E-state index in [1.165, 1.54) is 24.1 Å². The highest BCUT2D eigenvalue weighted by atomic mass is 19.4. The van der Waals surface area contributed by atoms with Crippen LogP contribution in [0.2, 0.25) is 0 Å². The number of hydrogen-bond acceptors (Lipinski definition) is 5. The fourth-order valence-electron chi connectivity index (χ4n) is 2.41. The van der Waals surface area contributed by atoms with E-state index in [-0.39, 0.29) is 13.0 Å². The lowest BCUT2D eigenvalue weighted by Gasteiger charge is -2.26. The van der Waals surface area contributed by atoms with Crippen LogP contribution in [0.25, 0.3) is 0 Å². The van der Waals surface area contributed by atoms with Gasteiger partial charge < -0.3 is 15.3 Å². The van der Waals surface area contributed by atoms with Crippen molar-refractivity contribution in [2.75, 3.05) is 29.9 Å². The minimum Gasteiger partial charge on any atom is -0.379 e. The Morgan fingerprint density at radius 3 is 2.76 bits per heavy atom. The van der Waals surface area contributed by atoms with Crippen LogP contribution in [0, 0.1) is 5.92 Å². The quantitative estimate of drug-likeness (QED) is 0.888. The molecule has 0 spiro atoms. The number of nitrogens with zero attached hydrogens (tertiary/aromatic N) is 3. The Bertz CT molecular complexity index is 520. The van der Waals surface area contributed by atoms with Gasteiger partial charge in [0.15, 0.2) is 5.60 Å². The first-order valence-electron chi connectivity index (χ1n) is 6.97. The maximum Gasteiger partial charge on any atom is 0.418 e. The highest BCUT2D eigenvalue weighted by Crippen LogP contribution is 2.39. The van der Waals surface area contributed by atoms with Gasteiger partial charge in [0.1, 0.15) is 18.0 Å². The van der Waals surface area contributed by atoms with Crippen molar-refractivity contribution in [2.24, 2.45) is 5.92 Å². The fraction of sp³-hybridized carbons (Fsp3) is 0.692. The Hall–Kier alpha value is -1.57. The van der Waals surface area contributed by atoms with E-state index in [4.69, 9.17) is 0 Å². The van der Waals surface area contributed by atoms with Gasteiger partial charge in [0.25, 0.3) is 0 Å². The van der Waals surface area contributed by atoms with Gasteiger partial charge in [-0.3, -0.25) is 0 Å². The molecule has 116 valence electrons. The molecule has 2 N–H and O–H groups in total. The largest absolute Gasteiger partial charge is 0.418 e. The maximum absolute atomic E-state index is 12.8. The number of nitrogens with one attached hydrogen (secondary N) is 1. The van der Waals surface area contributed by atoms with Crippen LogP contribution in [-0.4, -0.2) is 46.5 Å². The lowest BCUT2D eigenvalue weighted by Crippen LogP contribution is -2.47. The molecule has 0 unspecified atom stereocenters. The van der Waals surface area contributed by atoms with E-state index < -0.39 is 18.3 Å². The number of rotatable bonds is 4. The van der Waals surface area contributed by atoms with E-state index >= 15 is 0 Å². The summed E-state index contributed by atoms with van der Waals surface area (Å²) in [5.41, 5.74) is -2.65. The molecular formula is C13H17F3N4O. The molecule has 3 rings (SSSR count). The van der Waals surface area contributed by atoms with E-state index in [1.54, 1.807) is 6.07 Å². The van der Waals surface area contributed by atoms with Gasteiger partial charge in [0.05, 0.1) is 6.54 Å². The zero-order valence-electron chi connectivity index (χ0n) is 11.4. The first kappa shape index (κ1) is 14.4. The molecule has 2 heterocycles. The van der Waals surface area contributed by atoms with Crippen molar-refractivity contribution in [3.8, 4) is 0 Å². The third kappa shape index (κ3) is 3.04. The topological polar surface area (TPSA) is 61.3 Å². The molecule has 0 bridgehead atoms. The zero-order chi connectivity index (χ0) is 15.1. The number of aliphatic hydroxyl groups is 1. The van der Waals surface area contributed by atoms with Crippen molar-refractivity contribution in [1.29, 1.82) is 0 Å². The number of halogens is 3. The molecule has 1 saturated heterocycles. The molecule has 1 aliphatic carbocycles. The predicted octanol–water partition coefficient (Wildman–Crippen LogP) is 1.80. The van der Waals surface area contributed by atoms with Gasteiger partial charge in [-0.2, -0.15) is 13.2 Å². The summed E-state index contributed by atoms with van der Waals surface area (Å²) in [6.07, 6.45) is -1.23. The summed E-state index contributed by atoms with van der Waals surface area (Å²) >= 11 is 0. The lowest BCUT2D eigenvalue weighted by molar-refractivity contribution is -0.250. The molecule has 1 aliphatic heterocycles. The van der Waals surface area contributed by atoms with Crippen LogP contribution in [0.3, 0.4) is 0 Å². The summed E-state index contributed by atoms with van der Waals surface area (Å²) in [7, 11) is 0. The fourth-order valence-corrected chi connectivity index (χ4v) is 2.41.